The minimum atomic E-state index is -0.0382. The predicted octanol–water partition coefficient (Wildman–Crippen LogP) is 4.91. The van der Waals surface area contributed by atoms with Gasteiger partial charge >= 0.3 is 0 Å². The van der Waals surface area contributed by atoms with E-state index in [0.29, 0.717) is 31.2 Å². The minimum absolute atomic E-state index is 0.0382. The summed E-state index contributed by atoms with van der Waals surface area (Å²) in [4.78, 5) is 29.4. The Balaban J connectivity index is 1.53. The second-order valence-corrected chi connectivity index (χ2v) is 8.75. The number of amides is 1. The number of piperazine rings is 1. The lowest BCUT2D eigenvalue weighted by atomic mass is 9.98. The number of carbonyl (C=O) groups excluding carboxylic acids is 1. The van der Waals surface area contributed by atoms with Crippen molar-refractivity contribution in [3.8, 4) is 21.7 Å². The van der Waals surface area contributed by atoms with Crippen molar-refractivity contribution in [1.29, 1.82) is 0 Å². The van der Waals surface area contributed by atoms with E-state index in [0.717, 1.165) is 38.4 Å². The average molecular weight is 462 g/mol. The average Bonchev–Trinajstić information content (AvgIpc) is 3.38. The van der Waals surface area contributed by atoms with Crippen molar-refractivity contribution in [2.75, 3.05) is 31.1 Å². The molecule has 0 spiro atoms. The number of anilines is 1. The van der Waals surface area contributed by atoms with Gasteiger partial charge in [-0.05, 0) is 23.8 Å². The largest absolute Gasteiger partial charge is 0.352 e. The number of hydrogen-bond acceptors (Lipinski definition) is 6. The maximum atomic E-state index is 11.9. The molecule has 6 nitrogen and oxygen atoms in total. The first-order valence-electron chi connectivity index (χ1n) is 10.3. The second-order valence-electron chi connectivity index (χ2n) is 7.45. The summed E-state index contributed by atoms with van der Waals surface area (Å²) in [7, 11) is 0. The highest BCUT2D eigenvalue weighted by atomic mass is 35.5. The second kappa shape index (κ2) is 8.68. The number of nitrogens with zero attached hydrogens (tertiary/aromatic N) is 5. The highest BCUT2D eigenvalue weighted by molar-refractivity contribution is 7.13. The van der Waals surface area contributed by atoms with Gasteiger partial charge in [-0.15, -0.1) is 11.3 Å². The van der Waals surface area contributed by atoms with Crippen LogP contribution in [0.15, 0.2) is 67.0 Å². The van der Waals surface area contributed by atoms with Gasteiger partial charge in [0.1, 0.15) is 17.2 Å². The van der Waals surface area contributed by atoms with Crippen molar-refractivity contribution in [3.05, 3.63) is 72.0 Å². The number of thiazole rings is 1. The fourth-order valence-electron chi connectivity index (χ4n) is 4.05. The van der Waals surface area contributed by atoms with Crippen LogP contribution in [0.4, 0.5) is 5.82 Å². The molecule has 0 bridgehead atoms. The van der Waals surface area contributed by atoms with E-state index < -0.39 is 0 Å². The molecule has 2 aromatic heterocycles. The van der Waals surface area contributed by atoms with Crippen molar-refractivity contribution in [3.63, 3.8) is 0 Å². The number of benzene rings is 2. The molecule has 0 radical (unpaired) electrons. The summed E-state index contributed by atoms with van der Waals surface area (Å²) in [5, 5.41) is 4.46. The number of hydrogen-bond donors (Lipinski definition) is 0. The first-order valence-corrected chi connectivity index (χ1v) is 11.5. The zero-order valence-corrected chi connectivity index (χ0v) is 18.8. The van der Waals surface area contributed by atoms with E-state index in [-0.39, 0.29) is 5.91 Å². The number of carbonyl (C=O) groups is 1. The number of fused-ring (bicyclic) bond motifs is 1. The summed E-state index contributed by atoms with van der Waals surface area (Å²) >= 11 is 8.41. The van der Waals surface area contributed by atoms with E-state index in [4.69, 9.17) is 11.6 Å². The van der Waals surface area contributed by atoms with Crippen molar-refractivity contribution >= 4 is 45.6 Å². The normalized spacial score (nSPS) is 14.0. The molecule has 0 N–H and O–H groups in total. The van der Waals surface area contributed by atoms with Crippen molar-refractivity contribution < 1.29 is 4.79 Å². The molecule has 1 saturated heterocycles. The van der Waals surface area contributed by atoms with Crippen LogP contribution in [0.3, 0.4) is 0 Å². The summed E-state index contributed by atoms with van der Waals surface area (Å²) in [6, 6.07) is 12.1. The summed E-state index contributed by atoms with van der Waals surface area (Å²) in [6.07, 6.45) is 4.75. The molecule has 1 aliphatic rings. The molecule has 0 saturated carbocycles. The van der Waals surface area contributed by atoms with Crippen molar-refractivity contribution in [2.24, 2.45) is 0 Å². The van der Waals surface area contributed by atoms with E-state index >= 15 is 0 Å². The van der Waals surface area contributed by atoms with Crippen LogP contribution in [0.5, 0.6) is 0 Å². The molecule has 0 unspecified atom stereocenters. The smallest absolute Gasteiger partial charge is 0.246 e. The Morgan fingerprint density at radius 2 is 1.81 bits per heavy atom. The van der Waals surface area contributed by atoms with Gasteiger partial charge in [-0.2, -0.15) is 0 Å². The van der Waals surface area contributed by atoms with Gasteiger partial charge in [0, 0.05) is 59.3 Å². The van der Waals surface area contributed by atoms with Crippen molar-refractivity contribution in [1.82, 2.24) is 19.9 Å². The zero-order valence-electron chi connectivity index (χ0n) is 17.2. The molecular formula is C24H20ClN5OS. The lowest BCUT2D eigenvalue weighted by molar-refractivity contribution is -0.126. The van der Waals surface area contributed by atoms with Crippen LogP contribution < -0.4 is 4.90 Å². The fourth-order valence-corrected chi connectivity index (χ4v) is 4.99. The van der Waals surface area contributed by atoms with Gasteiger partial charge in [-0.1, -0.05) is 42.4 Å². The summed E-state index contributed by atoms with van der Waals surface area (Å²) in [5.74, 6) is 0.797. The maximum absolute atomic E-state index is 11.9. The van der Waals surface area contributed by atoms with Gasteiger partial charge in [0.05, 0.1) is 5.52 Å². The Morgan fingerprint density at radius 3 is 2.53 bits per heavy atom. The molecule has 1 fully saturated rings. The standard InChI is InChI=1S/C24H20ClN5OS/c1-2-22(31)29-8-10-30(11-9-29)23-19-13-20(25)18(14-21(19)27-15-28-23)16-5-3-4-6-17(16)24-26-7-12-32-24/h2-7,12-15H,1,8-11H2. The molecule has 32 heavy (non-hydrogen) atoms. The van der Waals surface area contributed by atoms with Crippen LogP contribution >= 0.6 is 22.9 Å². The van der Waals surface area contributed by atoms with Gasteiger partial charge in [0.2, 0.25) is 5.91 Å². The van der Waals surface area contributed by atoms with E-state index in [2.05, 4.69) is 38.6 Å². The highest BCUT2D eigenvalue weighted by Gasteiger charge is 2.23. The SMILES string of the molecule is C=CC(=O)N1CCN(c2ncnc3cc(-c4ccccc4-c4nccs4)c(Cl)cc23)CC1. The third-order valence-corrected chi connectivity index (χ3v) is 6.77. The lowest BCUT2D eigenvalue weighted by Crippen LogP contribution is -2.48. The third-order valence-electron chi connectivity index (χ3n) is 5.65. The molecule has 0 aliphatic carbocycles. The molecule has 4 aromatic rings. The van der Waals surface area contributed by atoms with Crippen LogP contribution in [-0.4, -0.2) is 51.9 Å². The Hall–Kier alpha value is -3.29. The Kier molecular flexibility index (Phi) is 5.59. The Bertz CT molecular complexity index is 1300. The van der Waals surface area contributed by atoms with E-state index in [1.807, 2.05) is 29.6 Å². The van der Waals surface area contributed by atoms with Gasteiger partial charge < -0.3 is 9.80 Å². The third kappa shape index (κ3) is 3.74. The fraction of sp³-hybridized carbons (Fsp3) is 0.167. The number of halogens is 1. The first kappa shape index (κ1) is 20.6. The summed E-state index contributed by atoms with van der Waals surface area (Å²) < 4.78 is 0. The minimum Gasteiger partial charge on any atom is -0.352 e. The molecule has 160 valence electrons. The van der Waals surface area contributed by atoms with Crippen molar-refractivity contribution in [2.45, 2.75) is 0 Å². The first-order chi connectivity index (χ1) is 15.7. The van der Waals surface area contributed by atoms with Gasteiger partial charge in [0.15, 0.2) is 0 Å². The van der Waals surface area contributed by atoms with E-state index in [1.54, 1.807) is 28.8 Å². The molecule has 1 amide bonds. The molecule has 2 aromatic carbocycles. The van der Waals surface area contributed by atoms with Crippen LogP contribution in [0.2, 0.25) is 5.02 Å². The van der Waals surface area contributed by atoms with Gasteiger partial charge in [-0.25, -0.2) is 15.0 Å². The van der Waals surface area contributed by atoms with Crippen LogP contribution in [0.1, 0.15) is 0 Å². The van der Waals surface area contributed by atoms with Gasteiger partial charge in [0.25, 0.3) is 0 Å². The maximum Gasteiger partial charge on any atom is 0.246 e. The van der Waals surface area contributed by atoms with E-state index in [9.17, 15) is 4.79 Å². The molecular weight excluding hydrogens is 442 g/mol. The summed E-state index contributed by atoms with van der Waals surface area (Å²) in [5.41, 5.74) is 3.80. The van der Waals surface area contributed by atoms with Crippen LogP contribution in [0, 0.1) is 0 Å². The quantitative estimate of drug-likeness (QED) is 0.404. The van der Waals surface area contributed by atoms with Crippen LogP contribution in [0.25, 0.3) is 32.6 Å². The topological polar surface area (TPSA) is 62.2 Å². The molecule has 3 heterocycles. The highest BCUT2D eigenvalue weighted by Crippen LogP contribution is 2.39. The zero-order chi connectivity index (χ0) is 22.1. The Labute approximate surface area is 194 Å². The predicted molar refractivity (Wildman–Crippen MR) is 130 cm³/mol. The summed E-state index contributed by atoms with van der Waals surface area (Å²) in [6.45, 7) is 6.22. The van der Waals surface area contributed by atoms with Crippen LogP contribution in [-0.2, 0) is 4.79 Å². The van der Waals surface area contributed by atoms with Gasteiger partial charge in [-0.3, -0.25) is 4.79 Å². The molecule has 0 atom stereocenters. The molecule has 5 rings (SSSR count). The lowest BCUT2D eigenvalue weighted by Gasteiger charge is -2.35. The molecule has 8 heteroatoms. The Morgan fingerprint density at radius 1 is 1.03 bits per heavy atom. The number of rotatable bonds is 4. The van der Waals surface area contributed by atoms with E-state index in [1.165, 1.54) is 6.08 Å². The number of aromatic nitrogens is 3. The monoisotopic (exact) mass is 461 g/mol. The molecule has 1 aliphatic heterocycles.